The number of likely N-dealkylation sites (tertiary alicyclic amines) is 1. The van der Waals surface area contributed by atoms with E-state index in [0.717, 1.165) is 0 Å². The van der Waals surface area contributed by atoms with Gasteiger partial charge in [-0.25, -0.2) is 13.6 Å². The second-order valence-electron chi connectivity index (χ2n) is 4.83. The van der Waals surface area contributed by atoms with Gasteiger partial charge in [-0.05, 0) is 18.2 Å². The number of carbonyl (C=O) groups excluding carboxylic acids is 1. The van der Waals surface area contributed by atoms with Gasteiger partial charge < -0.3 is 14.4 Å². The molecule has 8 heteroatoms. The van der Waals surface area contributed by atoms with Gasteiger partial charge in [0.2, 0.25) is 10.0 Å². The maximum atomic E-state index is 12.4. The van der Waals surface area contributed by atoms with Crippen LogP contribution in [0, 0.1) is 0 Å². The van der Waals surface area contributed by atoms with Gasteiger partial charge in [0.05, 0.1) is 4.90 Å². The predicted octanol–water partition coefficient (Wildman–Crippen LogP) is -0.180. The first-order valence-corrected chi connectivity index (χ1v) is 7.89. The van der Waals surface area contributed by atoms with Gasteiger partial charge in [0.1, 0.15) is 12.2 Å². The number of hydrogen-bond acceptors (Lipinski definition) is 5. The van der Waals surface area contributed by atoms with Crippen molar-refractivity contribution in [2.45, 2.75) is 17.1 Å². The minimum absolute atomic E-state index is 0.0841. The minimum atomic E-state index is -3.83. The Kier molecular flexibility index (Phi) is 4.62. The molecule has 2 N–H and O–H groups in total. The van der Waals surface area contributed by atoms with Crippen molar-refractivity contribution >= 4 is 15.9 Å². The molecule has 1 aliphatic heterocycles. The Morgan fingerprint density at radius 1 is 1.24 bits per heavy atom. The SMILES string of the molecule is COC1CN(C(=O)c2cccc(S(N)(=O)=O)c2)CC1OC. The van der Waals surface area contributed by atoms with Crippen LogP contribution < -0.4 is 5.14 Å². The highest BCUT2D eigenvalue weighted by Gasteiger charge is 2.35. The minimum Gasteiger partial charge on any atom is -0.377 e. The summed E-state index contributed by atoms with van der Waals surface area (Å²) in [6.07, 6.45) is -0.388. The molecule has 1 aromatic carbocycles. The van der Waals surface area contributed by atoms with E-state index in [-0.39, 0.29) is 28.6 Å². The van der Waals surface area contributed by atoms with Gasteiger partial charge in [-0.2, -0.15) is 0 Å². The number of rotatable bonds is 4. The topological polar surface area (TPSA) is 98.9 Å². The molecule has 0 radical (unpaired) electrons. The van der Waals surface area contributed by atoms with Crippen molar-refractivity contribution in [3.8, 4) is 0 Å². The van der Waals surface area contributed by atoms with Crippen molar-refractivity contribution in [2.75, 3.05) is 27.3 Å². The van der Waals surface area contributed by atoms with Crippen LogP contribution in [-0.4, -0.2) is 58.7 Å². The van der Waals surface area contributed by atoms with Gasteiger partial charge in [-0.3, -0.25) is 4.79 Å². The second-order valence-corrected chi connectivity index (χ2v) is 6.39. The van der Waals surface area contributed by atoms with Crippen LogP contribution in [0.5, 0.6) is 0 Å². The highest BCUT2D eigenvalue weighted by molar-refractivity contribution is 7.89. The zero-order valence-corrected chi connectivity index (χ0v) is 12.7. The third-order valence-corrected chi connectivity index (χ3v) is 4.43. The van der Waals surface area contributed by atoms with Crippen LogP contribution in [0.3, 0.4) is 0 Å². The summed E-state index contributed by atoms with van der Waals surface area (Å²) in [6, 6.07) is 5.68. The maximum absolute atomic E-state index is 12.4. The van der Waals surface area contributed by atoms with Crippen molar-refractivity contribution in [1.82, 2.24) is 4.90 Å². The second kappa shape index (κ2) is 6.10. The standard InChI is InChI=1S/C13H18N2O5S/c1-19-11-7-15(8-12(11)20-2)13(16)9-4-3-5-10(6-9)21(14,17)18/h3-6,11-12H,7-8H2,1-2H3,(H2,14,17,18). The summed E-state index contributed by atoms with van der Waals surface area (Å²) in [5, 5.41) is 5.07. The molecule has 0 bridgehead atoms. The molecule has 0 saturated carbocycles. The molecule has 1 fully saturated rings. The Bertz CT molecular complexity index is 619. The van der Waals surface area contributed by atoms with Crippen LogP contribution in [0.1, 0.15) is 10.4 Å². The third-order valence-electron chi connectivity index (χ3n) is 3.52. The molecule has 1 heterocycles. The summed E-state index contributed by atoms with van der Waals surface area (Å²) in [4.78, 5) is 13.9. The van der Waals surface area contributed by atoms with Gasteiger partial charge in [0.25, 0.3) is 5.91 Å². The first-order valence-electron chi connectivity index (χ1n) is 6.34. The number of hydrogen-bond donors (Lipinski definition) is 1. The van der Waals surface area contributed by atoms with E-state index in [9.17, 15) is 13.2 Å². The Balaban J connectivity index is 2.22. The lowest BCUT2D eigenvalue weighted by atomic mass is 10.2. The monoisotopic (exact) mass is 314 g/mol. The molecular weight excluding hydrogens is 296 g/mol. The Morgan fingerprint density at radius 3 is 2.29 bits per heavy atom. The third kappa shape index (κ3) is 3.41. The fourth-order valence-electron chi connectivity index (χ4n) is 2.35. The summed E-state index contributed by atoms with van der Waals surface area (Å²) < 4.78 is 33.2. The number of methoxy groups -OCH3 is 2. The van der Waals surface area contributed by atoms with E-state index in [1.165, 1.54) is 18.2 Å². The molecule has 2 atom stereocenters. The zero-order valence-electron chi connectivity index (χ0n) is 11.9. The van der Waals surface area contributed by atoms with Gasteiger partial charge in [0, 0.05) is 32.9 Å². The van der Waals surface area contributed by atoms with Gasteiger partial charge in [-0.1, -0.05) is 6.07 Å². The molecule has 1 aliphatic rings. The van der Waals surface area contributed by atoms with Crippen LogP contribution in [-0.2, 0) is 19.5 Å². The Labute approximate surface area is 123 Å². The number of amides is 1. The van der Waals surface area contributed by atoms with Crippen molar-refractivity contribution in [3.05, 3.63) is 29.8 Å². The first kappa shape index (κ1) is 15.9. The number of sulfonamides is 1. The van der Waals surface area contributed by atoms with Crippen molar-refractivity contribution in [1.29, 1.82) is 0 Å². The number of carbonyl (C=O) groups is 1. The Morgan fingerprint density at radius 2 is 1.81 bits per heavy atom. The van der Waals surface area contributed by atoms with Crippen LogP contribution in [0.4, 0.5) is 0 Å². The molecule has 21 heavy (non-hydrogen) atoms. The van der Waals surface area contributed by atoms with E-state index in [1.54, 1.807) is 25.2 Å². The van der Waals surface area contributed by atoms with E-state index >= 15 is 0 Å². The Hall–Kier alpha value is -1.48. The lowest BCUT2D eigenvalue weighted by Gasteiger charge is -2.16. The van der Waals surface area contributed by atoms with Gasteiger partial charge >= 0.3 is 0 Å². The molecule has 1 amide bonds. The molecule has 116 valence electrons. The number of ether oxygens (including phenoxy) is 2. The van der Waals surface area contributed by atoms with E-state index in [1.807, 2.05) is 0 Å². The maximum Gasteiger partial charge on any atom is 0.254 e. The summed E-state index contributed by atoms with van der Waals surface area (Å²) in [6.45, 7) is 0.793. The van der Waals surface area contributed by atoms with Crippen LogP contribution in [0.25, 0.3) is 0 Å². The zero-order chi connectivity index (χ0) is 15.6. The number of nitrogens with zero attached hydrogens (tertiary/aromatic N) is 1. The predicted molar refractivity (Wildman–Crippen MR) is 75.3 cm³/mol. The molecule has 7 nitrogen and oxygen atoms in total. The number of primary sulfonamides is 1. The normalized spacial score (nSPS) is 22.5. The molecule has 1 saturated heterocycles. The summed E-state index contributed by atoms with van der Waals surface area (Å²) in [5.74, 6) is -0.276. The molecule has 0 spiro atoms. The average Bonchev–Trinajstić information content (AvgIpc) is 2.89. The lowest BCUT2D eigenvalue weighted by Crippen LogP contribution is -2.30. The summed E-state index contributed by atoms with van der Waals surface area (Å²) in [5.41, 5.74) is 0.271. The first-order chi connectivity index (χ1) is 9.86. The summed E-state index contributed by atoms with van der Waals surface area (Å²) in [7, 11) is -0.710. The van der Waals surface area contributed by atoms with Gasteiger partial charge in [0.15, 0.2) is 0 Å². The summed E-state index contributed by atoms with van der Waals surface area (Å²) >= 11 is 0. The fourth-order valence-corrected chi connectivity index (χ4v) is 2.91. The lowest BCUT2D eigenvalue weighted by molar-refractivity contribution is -0.00461. The van der Waals surface area contributed by atoms with Crippen LogP contribution >= 0.6 is 0 Å². The average molecular weight is 314 g/mol. The highest BCUT2D eigenvalue weighted by Crippen LogP contribution is 2.19. The molecule has 2 rings (SSSR count). The smallest absolute Gasteiger partial charge is 0.254 e. The molecule has 1 aromatic rings. The van der Waals surface area contributed by atoms with Crippen molar-refractivity contribution in [2.24, 2.45) is 5.14 Å². The number of nitrogens with two attached hydrogens (primary N) is 1. The van der Waals surface area contributed by atoms with Crippen molar-refractivity contribution in [3.63, 3.8) is 0 Å². The van der Waals surface area contributed by atoms with Gasteiger partial charge in [-0.15, -0.1) is 0 Å². The van der Waals surface area contributed by atoms with Crippen LogP contribution in [0.2, 0.25) is 0 Å². The molecule has 0 aliphatic carbocycles. The highest BCUT2D eigenvalue weighted by atomic mass is 32.2. The molecule has 2 unspecified atom stereocenters. The van der Waals surface area contributed by atoms with Crippen molar-refractivity contribution < 1.29 is 22.7 Å². The largest absolute Gasteiger partial charge is 0.377 e. The van der Waals surface area contributed by atoms with E-state index < -0.39 is 10.0 Å². The number of benzene rings is 1. The molecule has 0 aromatic heterocycles. The van der Waals surface area contributed by atoms with E-state index in [4.69, 9.17) is 14.6 Å². The van der Waals surface area contributed by atoms with Crippen LogP contribution in [0.15, 0.2) is 29.2 Å². The molecular formula is C13H18N2O5S. The van der Waals surface area contributed by atoms with E-state index in [0.29, 0.717) is 13.1 Å². The van der Waals surface area contributed by atoms with E-state index in [2.05, 4.69) is 0 Å². The fraction of sp³-hybridized carbons (Fsp3) is 0.462. The quantitative estimate of drug-likeness (QED) is 0.831.